The standard InChI is InChI=1S/C13H22N2O3/c1-13(2,17-3)12-14-11(18-15-12)8-10(16)9-6-4-5-7-9/h9-10,16H,4-8H2,1-3H3. The quantitative estimate of drug-likeness (QED) is 0.871. The second kappa shape index (κ2) is 5.36. The Morgan fingerprint density at radius 1 is 1.44 bits per heavy atom. The molecule has 1 heterocycles. The minimum absolute atomic E-state index is 0.369. The molecule has 0 aromatic carbocycles. The first-order valence-corrected chi connectivity index (χ1v) is 6.59. The van der Waals surface area contributed by atoms with Crippen molar-refractivity contribution in [1.29, 1.82) is 0 Å². The van der Waals surface area contributed by atoms with Crippen molar-refractivity contribution in [1.82, 2.24) is 10.1 Å². The molecule has 1 aromatic heterocycles. The molecular weight excluding hydrogens is 232 g/mol. The molecule has 0 amide bonds. The number of nitrogens with zero attached hydrogens (tertiary/aromatic N) is 2. The third kappa shape index (κ3) is 2.90. The highest BCUT2D eigenvalue weighted by Crippen LogP contribution is 2.29. The van der Waals surface area contributed by atoms with E-state index >= 15 is 0 Å². The van der Waals surface area contributed by atoms with E-state index in [-0.39, 0.29) is 6.10 Å². The lowest BCUT2D eigenvalue weighted by atomic mass is 9.98. The molecule has 0 saturated heterocycles. The van der Waals surface area contributed by atoms with Gasteiger partial charge in [-0.3, -0.25) is 0 Å². The Kier molecular flexibility index (Phi) is 4.02. The Bertz CT molecular complexity index is 383. The zero-order valence-corrected chi connectivity index (χ0v) is 11.3. The lowest BCUT2D eigenvalue weighted by molar-refractivity contribution is 0.00973. The number of aliphatic hydroxyl groups is 1. The van der Waals surface area contributed by atoms with E-state index in [2.05, 4.69) is 10.1 Å². The van der Waals surface area contributed by atoms with Gasteiger partial charge in [0.05, 0.1) is 12.5 Å². The number of hydrogen-bond acceptors (Lipinski definition) is 5. The van der Waals surface area contributed by atoms with Crippen LogP contribution in [0.1, 0.15) is 51.2 Å². The van der Waals surface area contributed by atoms with Crippen LogP contribution in [0, 0.1) is 5.92 Å². The van der Waals surface area contributed by atoms with Crippen LogP contribution in [0.15, 0.2) is 4.52 Å². The van der Waals surface area contributed by atoms with Gasteiger partial charge in [0.25, 0.3) is 0 Å². The fourth-order valence-electron chi connectivity index (χ4n) is 2.36. The molecular formula is C13H22N2O3. The Morgan fingerprint density at radius 3 is 2.72 bits per heavy atom. The maximum atomic E-state index is 10.1. The largest absolute Gasteiger partial charge is 0.392 e. The normalized spacial score (nSPS) is 19.3. The maximum absolute atomic E-state index is 10.1. The van der Waals surface area contributed by atoms with Gasteiger partial charge in [0, 0.05) is 7.11 Å². The van der Waals surface area contributed by atoms with Crippen molar-refractivity contribution in [3.05, 3.63) is 11.7 Å². The van der Waals surface area contributed by atoms with Crippen molar-refractivity contribution in [3.8, 4) is 0 Å². The summed E-state index contributed by atoms with van der Waals surface area (Å²) in [5.74, 6) is 1.41. The molecule has 0 aliphatic heterocycles. The minimum atomic E-state index is -0.555. The van der Waals surface area contributed by atoms with Crippen molar-refractivity contribution in [3.63, 3.8) is 0 Å². The van der Waals surface area contributed by atoms with Crippen LogP contribution in [0.25, 0.3) is 0 Å². The number of methoxy groups -OCH3 is 1. The third-order valence-electron chi connectivity index (χ3n) is 3.84. The summed E-state index contributed by atoms with van der Waals surface area (Å²) < 4.78 is 10.5. The lowest BCUT2D eigenvalue weighted by Crippen LogP contribution is -2.22. The molecule has 102 valence electrons. The van der Waals surface area contributed by atoms with Gasteiger partial charge in [0.15, 0.2) is 0 Å². The SMILES string of the molecule is COC(C)(C)c1noc(CC(O)C2CCCC2)n1. The third-order valence-corrected chi connectivity index (χ3v) is 3.84. The van der Waals surface area contributed by atoms with E-state index in [1.54, 1.807) is 7.11 Å². The van der Waals surface area contributed by atoms with Gasteiger partial charge < -0.3 is 14.4 Å². The Hall–Kier alpha value is -0.940. The number of aromatic nitrogens is 2. The van der Waals surface area contributed by atoms with Crippen molar-refractivity contribution >= 4 is 0 Å². The van der Waals surface area contributed by atoms with Crippen LogP contribution < -0.4 is 0 Å². The van der Waals surface area contributed by atoms with Crippen LogP contribution in [0.5, 0.6) is 0 Å². The molecule has 1 aliphatic rings. The van der Waals surface area contributed by atoms with Gasteiger partial charge in [0.1, 0.15) is 5.60 Å². The van der Waals surface area contributed by atoms with Gasteiger partial charge in [-0.05, 0) is 32.6 Å². The summed E-state index contributed by atoms with van der Waals surface area (Å²) in [6, 6.07) is 0. The molecule has 1 saturated carbocycles. The van der Waals surface area contributed by atoms with Gasteiger partial charge in [-0.15, -0.1) is 0 Å². The predicted octanol–water partition coefficient (Wildman–Crippen LogP) is 2.04. The van der Waals surface area contributed by atoms with Crippen LogP contribution in [0.3, 0.4) is 0 Å². The summed E-state index contributed by atoms with van der Waals surface area (Å²) in [6.07, 6.45) is 4.71. The Morgan fingerprint density at radius 2 is 2.11 bits per heavy atom. The van der Waals surface area contributed by atoms with E-state index < -0.39 is 5.60 Å². The summed E-state index contributed by atoms with van der Waals surface area (Å²) in [5, 5.41) is 14.0. The molecule has 1 fully saturated rings. The van der Waals surface area contributed by atoms with Crippen LogP contribution in [0.2, 0.25) is 0 Å². The molecule has 0 radical (unpaired) electrons. The van der Waals surface area contributed by atoms with Gasteiger partial charge in [0.2, 0.25) is 11.7 Å². The zero-order valence-electron chi connectivity index (χ0n) is 11.3. The predicted molar refractivity (Wildman–Crippen MR) is 66.0 cm³/mol. The van der Waals surface area contributed by atoms with Crippen molar-refractivity contribution < 1.29 is 14.4 Å². The molecule has 18 heavy (non-hydrogen) atoms. The molecule has 1 aromatic rings. The van der Waals surface area contributed by atoms with Gasteiger partial charge in [-0.25, -0.2) is 0 Å². The van der Waals surface area contributed by atoms with Gasteiger partial charge in [-0.2, -0.15) is 4.98 Å². The number of rotatable bonds is 5. The van der Waals surface area contributed by atoms with Gasteiger partial charge in [-0.1, -0.05) is 18.0 Å². The van der Waals surface area contributed by atoms with E-state index in [4.69, 9.17) is 9.26 Å². The molecule has 1 N–H and O–H groups in total. The molecule has 2 rings (SSSR count). The first-order chi connectivity index (χ1) is 8.53. The highest BCUT2D eigenvalue weighted by atomic mass is 16.5. The smallest absolute Gasteiger partial charge is 0.229 e. The average Bonchev–Trinajstić information content (AvgIpc) is 2.99. The summed E-state index contributed by atoms with van der Waals surface area (Å²) in [5.41, 5.74) is -0.555. The first-order valence-electron chi connectivity index (χ1n) is 6.59. The average molecular weight is 254 g/mol. The molecule has 5 nitrogen and oxygen atoms in total. The molecule has 0 spiro atoms. The van der Waals surface area contributed by atoms with Crippen LogP contribution in [-0.4, -0.2) is 28.5 Å². The summed E-state index contributed by atoms with van der Waals surface area (Å²) in [4.78, 5) is 4.30. The molecule has 5 heteroatoms. The highest BCUT2D eigenvalue weighted by molar-refractivity contribution is 4.98. The van der Waals surface area contributed by atoms with E-state index in [0.29, 0.717) is 24.1 Å². The molecule has 1 atom stereocenters. The monoisotopic (exact) mass is 254 g/mol. The van der Waals surface area contributed by atoms with Crippen LogP contribution >= 0.6 is 0 Å². The number of ether oxygens (including phenoxy) is 1. The van der Waals surface area contributed by atoms with Gasteiger partial charge >= 0.3 is 0 Å². The topological polar surface area (TPSA) is 68.4 Å². The fraction of sp³-hybridized carbons (Fsp3) is 0.846. The summed E-state index contributed by atoms with van der Waals surface area (Å²) in [6.45, 7) is 3.77. The number of aliphatic hydroxyl groups excluding tert-OH is 1. The fourth-order valence-corrected chi connectivity index (χ4v) is 2.36. The lowest BCUT2D eigenvalue weighted by Gasteiger charge is -2.17. The second-order valence-corrected chi connectivity index (χ2v) is 5.54. The summed E-state index contributed by atoms with van der Waals surface area (Å²) >= 11 is 0. The highest BCUT2D eigenvalue weighted by Gasteiger charge is 2.29. The Labute approximate surface area is 108 Å². The van der Waals surface area contributed by atoms with Crippen molar-refractivity contribution in [2.75, 3.05) is 7.11 Å². The molecule has 1 unspecified atom stereocenters. The van der Waals surface area contributed by atoms with Crippen molar-refractivity contribution in [2.45, 2.75) is 57.7 Å². The van der Waals surface area contributed by atoms with Crippen LogP contribution in [-0.2, 0) is 16.8 Å². The zero-order chi connectivity index (χ0) is 13.2. The number of hydrogen-bond donors (Lipinski definition) is 1. The van der Waals surface area contributed by atoms with E-state index in [1.165, 1.54) is 12.8 Å². The Balaban J connectivity index is 1.98. The van der Waals surface area contributed by atoms with Crippen LogP contribution in [0.4, 0.5) is 0 Å². The maximum Gasteiger partial charge on any atom is 0.229 e. The van der Waals surface area contributed by atoms with Crippen molar-refractivity contribution in [2.24, 2.45) is 5.92 Å². The van der Waals surface area contributed by atoms with E-state index in [9.17, 15) is 5.11 Å². The van der Waals surface area contributed by atoms with E-state index in [1.807, 2.05) is 13.8 Å². The summed E-state index contributed by atoms with van der Waals surface area (Å²) in [7, 11) is 1.61. The molecule has 0 bridgehead atoms. The second-order valence-electron chi connectivity index (χ2n) is 5.54. The molecule has 1 aliphatic carbocycles. The minimum Gasteiger partial charge on any atom is -0.392 e. The van der Waals surface area contributed by atoms with E-state index in [0.717, 1.165) is 12.8 Å². The first kappa shape index (κ1) is 13.5.